The summed E-state index contributed by atoms with van der Waals surface area (Å²) in [5.74, 6) is -1.17. The lowest BCUT2D eigenvalue weighted by Crippen LogP contribution is -2.20. The van der Waals surface area contributed by atoms with Crippen LogP contribution in [-0.4, -0.2) is 17.0 Å². The fourth-order valence-electron chi connectivity index (χ4n) is 0. The molecule has 0 aliphatic heterocycles. The molecule has 0 unspecified atom stereocenters. The maximum Gasteiger partial charge on any atom is 0.300 e. The highest BCUT2D eigenvalue weighted by Crippen LogP contribution is 1.60. The molecular formula is C5H12ClN3O2. The van der Waals surface area contributed by atoms with E-state index < -0.39 is 5.97 Å². The Kier molecular flexibility index (Phi) is 23.7. The number of halogens is 1. The number of rotatable bonds is 0. The Bertz CT molecular complexity index is 107. The van der Waals surface area contributed by atoms with Crippen molar-refractivity contribution in [3.63, 3.8) is 0 Å². The van der Waals surface area contributed by atoms with E-state index in [1.165, 1.54) is 5.54 Å². The predicted molar refractivity (Wildman–Crippen MR) is 45.5 cm³/mol. The third-order valence-corrected chi connectivity index (χ3v) is 0. The Morgan fingerprint density at radius 1 is 1.73 bits per heavy atom. The van der Waals surface area contributed by atoms with Gasteiger partial charge in [-0.2, -0.15) is 0 Å². The van der Waals surface area contributed by atoms with Crippen LogP contribution < -0.4 is 11.5 Å². The zero-order valence-electron chi connectivity index (χ0n) is 6.17. The summed E-state index contributed by atoms with van der Waals surface area (Å²) in [4.78, 5) is 9.00. The standard InChI is InChI=1S/C2H3Cl.C2H4O2.CH5N3/c1-2-3;1-2(3)4;2-1(3)4/h2H,1H2;1H3,(H,3,4);(H5,2,3,4). The minimum Gasteiger partial charge on any atom is -0.481 e. The van der Waals surface area contributed by atoms with Gasteiger partial charge in [0.15, 0.2) is 5.96 Å². The van der Waals surface area contributed by atoms with Crippen molar-refractivity contribution in [1.29, 1.82) is 5.41 Å². The van der Waals surface area contributed by atoms with Crippen LogP contribution >= 0.6 is 11.6 Å². The molecule has 0 saturated carbocycles. The van der Waals surface area contributed by atoms with Crippen LogP contribution in [0.5, 0.6) is 0 Å². The van der Waals surface area contributed by atoms with E-state index in [2.05, 4.69) is 18.0 Å². The Hall–Kier alpha value is -1.23. The molecule has 6 heteroatoms. The van der Waals surface area contributed by atoms with Crippen LogP contribution in [0.3, 0.4) is 0 Å². The second kappa shape index (κ2) is 15.9. The van der Waals surface area contributed by atoms with Gasteiger partial charge in [-0.05, 0) is 5.54 Å². The number of carboxylic acids is 1. The average molecular weight is 182 g/mol. The molecule has 0 atom stereocenters. The summed E-state index contributed by atoms with van der Waals surface area (Å²) >= 11 is 4.76. The SMILES string of the molecule is C=CCl.CC(=O)O.N=C(N)N. The van der Waals surface area contributed by atoms with Crippen molar-refractivity contribution in [2.75, 3.05) is 0 Å². The van der Waals surface area contributed by atoms with Crippen LogP contribution in [0.1, 0.15) is 6.92 Å². The van der Waals surface area contributed by atoms with Crippen LogP contribution in [0, 0.1) is 5.41 Å². The molecule has 0 fully saturated rings. The summed E-state index contributed by atoms with van der Waals surface area (Å²) in [6.07, 6.45) is 0. The fraction of sp³-hybridized carbons (Fsp3) is 0.200. The summed E-state index contributed by atoms with van der Waals surface area (Å²) in [7, 11) is 0. The molecule has 5 nitrogen and oxygen atoms in total. The topological polar surface area (TPSA) is 113 Å². The number of nitrogens with two attached hydrogens (primary N) is 2. The Labute approximate surface area is 70.1 Å². The number of carboxylic acid groups (broad SMARTS) is 1. The predicted octanol–water partition coefficient (Wildman–Crippen LogP) is 0.298. The van der Waals surface area contributed by atoms with Gasteiger partial charge >= 0.3 is 0 Å². The first kappa shape index (κ1) is 16.4. The third-order valence-electron chi connectivity index (χ3n) is 0. The molecule has 0 radical (unpaired) electrons. The largest absolute Gasteiger partial charge is 0.481 e. The van der Waals surface area contributed by atoms with Crippen molar-refractivity contribution in [3.05, 3.63) is 12.1 Å². The van der Waals surface area contributed by atoms with Crippen LogP contribution in [0.25, 0.3) is 0 Å². The zero-order valence-corrected chi connectivity index (χ0v) is 6.93. The van der Waals surface area contributed by atoms with Crippen LogP contribution in [0.2, 0.25) is 0 Å². The molecule has 6 N–H and O–H groups in total. The van der Waals surface area contributed by atoms with Gasteiger partial charge in [0, 0.05) is 6.92 Å². The maximum atomic E-state index is 9.00. The van der Waals surface area contributed by atoms with Gasteiger partial charge in [-0.1, -0.05) is 18.2 Å². The lowest BCUT2D eigenvalue weighted by molar-refractivity contribution is -0.134. The highest BCUT2D eigenvalue weighted by molar-refractivity contribution is 6.25. The van der Waals surface area contributed by atoms with E-state index in [1.54, 1.807) is 0 Å². The van der Waals surface area contributed by atoms with Crippen molar-refractivity contribution in [3.8, 4) is 0 Å². The fourth-order valence-corrected chi connectivity index (χ4v) is 0. The summed E-state index contributed by atoms with van der Waals surface area (Å²) in [6.45, 7) is 4.21. The monoisotopic (exact) mass is 181 g/mol. The molecule has 0 rings (SSSR count). The molecule has 0 aromatic carbocycles. The van der Waals surface area contributed by atoms with E-state index in [-0.39, 0.29) is 5.96 Å². The highest BCUT2D eigenvalue weighted by Gasteiger charge is 1.65. The lowest BCUT2D eigenvalue weighted by Gasteiger charge is -1.69. The van der Waals surface area contributed by atoms with Crippen LogP contribution in [-0.2, 0) is 4.79 Å². The van der Waals surface area contributed by atoms with E-state index in [0.717, 1.165) is 6.92 Å². The van der Waals surface area contributed by atoms with Crippen molar-refractivity contribution < 1.29 is 9.90 Å². The smallest absolute Gasteiger partial charge is 0.300 e. The summed E-state index contributed by atoms with van der Waals surface area (Å²) in [6, 6.07) is 0. The van der Waals surface area contributed by atoms with Gasteiger partial charge in [-0.25, -0.2) is 0 Å². The van der Waals surface area contributed by atoms with E-state index in [4.69, 9.17) is 26.9 Å². The average Bonchev–Trinajstić information content (AvgIpc) is 1.60. The zero-order chi connectivity index (χ0) is 9.86. The maximum absolute atomic E-state index is 9.00. The minimum atomic E-state index is -0.833. The Morgan fingerprint density at radius 3 is 1.73 bits per heavy atom. The normalized spacial score (nSPS) is 5.64. The van der Waals surface area contributed by atoms with Crippen LogP contribution in [0.4, 0.5) is 0 Å². The number of carbonyl (C=O) groups is 1. The van der Waals surface area contributed by atoms with Gasteiger partial charge in [-0.3, -0.25) is 10.2 Å². The molecule has 0 amide bonds. The van der Waals surface area contributed by atoms with Gasteiger partial charge < -0.3 is 16.6 Å². The Morgan fingerprint density at radius 2 is 1.73 bits per heavy atom. The summed E-state index contributed by atoms with van der Waals surface area (Å²) in [5.41, 5.74) is 10.2. The molecule has 0 heterocycles. The minimum absolute atomic E-state index is 0.333. The molecule has 11 heavy (non-hydrogen) atoms. The first-order chi connectivity index (χ1) is 4.88. The first-order valence-electron chi connectivity index (χ1n) is 2.38. The summed E-state index contributed by atoms with van der Waals surface area (Å²) in [5, 5.41) is 13.5. The lowest BCUT2D eigenvalue weighted by atomic mass is 10.9. The van der Waals surface area contributed by atoms with Gasteiger partial charge in [-0.15, -0.1) is 0 Å². The molecule has 0 aliphatic rings. The van der Waals surface area contributed by atoms with E-state index in [9.17, 15) is 0 Å². The first-order valence-corrected chi connectivity index (χ1v) is 2.82. The molecule has 0 aromatic rings. The van der Waals surface area contributed by atoms with Gasteiger partial charge in [0.25, 0.3) is 5.97 Å². The van der Waals surface area contributed by atoms with Crippen molar-refractivity contribution in [2.24, 2.45) is 11.5 Å². The molecule has 0 bridgehead atoms. The third kappa shape index (κ3) is 266. The highest BCUT2D eigenvalue weighted by atomic mass is 35.5. The van der Waals surface area contributed by atoms with Crippen LogP contribution in [0.15, 0.2) is 12.1 Å². The molecule has 0 spiro atoms. The number of guanidine groups is 1. The summed E-state index contributed by atoms with van der Waals surface area (Å²) < 4.78 is 0. The quantitative estimate of drug-likeness (QED) is 0.318. The van der Waals surface area contributed by atoms with Crippen molar-refractivity contribution in [2.45, 2.75) is 6.92 Å². The molecule has 0 aliphatic carbocycles. The van der Waals surface area contributed by atoms with Crippen molar-refractivity contribution in [1.82, 2.24) is 0 Å². The molecule has 0 aromatic heterocycles. The van der Waals surface area contributed by atoms with Gasteiger partial charge in [0.2, 0.25) is 0 Å². The Balaban J connectivity index is -0.0000000886. The molecular weight excluding hydrogens is 170 g/mol. The number of hydrogen-bond acceptors (Lipinski definition) is 2. The van der Waals surface area contributed by atoms with E-state index >= 15 is 0 Å². The van der Waals surface area contributed by atoms with Gasteiger partial charge in [0.1, 0.15) is 0 Å². The van der Waals surface area contributed by atoms with Gasteiger partial charge in [0.05, 0.1) is 0 Å². The second-order valence-electron chi connectivity index (χ2n) is 1.13. The second-order valence-corrected chi connectivity index (χ2v) is 1.44. The molecule has 66 valence electrons. The number of aliphatic carboxylic acids is 1. The number of nitrogens with one attached hydrogen (secondary N) is 1. The molecule has 0 saturated heterocycles. The van der Waals surface area contributed by atoms with Crippen molar-refractivity contribution >= 4 is 23.5 Å². The van der Waals surface area contributed by atoms with E-state index in [1.807, 2.05) is 0 Å². The van der Waals surface area contributed by atoms with E-state index in [0.29, 0.717) is 0 Å². The number of hydrogen-bond donors (Lipinski definition) is 4.